The molecule has 2 N–H and O–H groups in total. The van der Waals surface area contributed by atoms with Crippen molar-refractivity contribution in [3.05, 3.63) is 40.4 Å². The molecule has 2 rings (SSSR count). The van der Waals surface area contributed by atoms with E-state index in [9.17, 15) is 4.79 Å². The Labute approximate surface area is 89.8 Å². The first-order valence-corrected chi connectivity index (χ1v) is 4.95. The van der Waals surface area contributed by atoms with Gasteiger partial charge in [0.25, 0.3) is 0 Å². The standard InChI is InChI=1S/C11H8BrNO/c12-11-9(6-14)8-4-2-1-3-7(8)5-10(11)13/h1-6H,13H2. The Morgan fingerprint density at radius 1 is 1.29 bits per heavy atom. The minimum absolute atomic E-state index is 0.589. The zero-order valence-corrected chi connectivity index (χ0v) is 8.91. The molecule has 0 unspecified atom stereocenters. The Hall–Kier alpha value is -1.35. The van der Waals surface area contributed by atoms with Crippen LogP contribution in [0.4, 0.5) is 5.69 Å². The second-order valence-corrected chi connectivity index (χ2v) is 3.83. The van der Waals surface area contributed by atoms with Gasteiger partial charge in [0.05, 0.1) is 4.47 Å². The van der Waals surface area contributed by atoms with Crippen molar-refractivity contribution in [3.63, 3.8) is 0 Å². The molecule has 70 valence electrons. The van der Waals surface area contributed by atoms with Gasteiger partial charge in [0, 0.05) is 11.3 Å². The predicted molar refractivity (Wildman–Crippen MR) is 61.4 cm³/mol. The molecule has 0 bridgehead atoms. The lowest BCUT2D eigenvalue weighted by Crippen LogP contribution is -1.93. The molecule has 2 aromatic carbocycles. The van der Waals surface area contributed by atoms with Crippen LogP contribution in [0.3, 0.4) is 0 Å². The van der Waals surface area contributed by atoms with Crippen LogP contribution in [0.25, 0.3) is 10.8 Å². The average Bonchev–Trinajstić information content (AvgIpc) is 2.20. The SMILES string of the molecule is Nc1cc2ccccc2c(C=O)c1Br. The van der Waals surface area contributed by atoms with E-state index in [2.05, 4.69) is 15.9 Å². The summed E-state index contributed by atoms with van der Waals surface area (Å²) in [5.41, 5.74) is 6.96. The predicted octanol–water partition coefficient (Wildman–Crippen LogP) is 3.00. The number of fused-ring (bicyclic) bond motifs is 1. The highest BCUT2D eigenvalue weighted by molar-refractivity contribution is 9.10. The van der Waals surface area contributed by atoms with E-state index in [4.69, 9.17) is 5.73 Å². The van der Waals surface area contributed by atoms with Gasteiger partial charge in [-0.3, -0.25) is 4.79 Å². The Balaban J connectivity index is 2.96. The van der Waals surface area contributed by atoms with E-state index >= 15 is 0 Å². The van der Waals surface area contributed by atoms with Crippen LogP contribution < -0.4 is 5.73 Å². The van der Waals surface area contributed by atoms with Gasteiger partial charge < -0.3 is 5.73 Å². The highest BCUT2D eigenvalue weighted by Gasteiger charge is 2.07. The minimum atomic E-state index is 0.589. The van der Waals surface area contributed by atoms with E-state index in [0.717, 1.165) is 17.1 Å². The molecule has 0 aromatic heterocycles. The average molecular weight is 250 g/mol. The molecule has 2 aromatic rings. The fourth-order valence-electron chi connectivity index (χ4n) is 1.49. The first kappa shape index (κ1) is 9.21. The Kier molecular flexibility index (Phi) is 2.25. The van der Waals surface area contributed by atoms with E-state index in [0.29, 0.717) is 15.7 Å². The van der Waals surface area contributed by atoms with Crippen LogP contribution in [0, 0.1) is 0 Å². The largest absolute Gasteiger partial charge is 0.398 e. The number of anilines is 1. The molecule has 0 radical (unpaired) electrons. The zero-order valence-electron chi connectivity index (χ0n) is 7.33. The van der Waals surface area contributed by atoms with Gasteiger partial charge in [-0.2, -0.15) is 0 Å². The van der Waals surface area contributed by atoms with E-state index in [1.807, 2.05) is 30.3 Å². The van der Waals surface area contributed by atoms with Crippen LogP contribution >= 0.6 is 15.9 Å². The van der Waals surface area contributed by atoms with Crippen LogP contribution in [0.5, 0.6) is 0 Å². The summed E-state index contributed by atoms with van der Waals surface area (Å²) in [7, 11) is 0. The Morgan fingerprint density at radius 3 is 2.71 bits per heavy atom. The number of hydrogen-bond donors (Lipinski definition) is 1. The van der Waals surface area contributed by atoms with Gasteiger partial charge >= 0.3 is 0 Å². The van der Waals surface area contributed by atoms with Gasteiger partial charge in [0.2, 0.25) is 0 Å². The summed E-state index contributed by atoms with van der Waals surface area (Å²) in [5.74, 6) is 0. The molecule has 0 atom stereocenters. The summed E-state index contributed by atoms with van der Waals surface area (Å²) in [4.78, 5) is 10.9. The van der Waals surface area contributed by atoms with Gasteiger partial charge in [-0.25, -0.2) is 0 Å². The fraction of sp³-hybridized carbons (Fsp3) is 0. The maximum atomic E-state index is 10.9. The normalized spacial score (nSPS) is 10.4. The smallest absolute Gasteiger partial charge is 0.151 e. The van der Waals surface area contributed by atoms with Crippen molar-refractivity contribution in [2.75, 3.05) is 5.73 Å². The molecular formula is C11H8BrNO. The second-order valence-electron chi connectivity index (χ2n) is 3.03. The topological polar surface area (TPSA) is 43.1 Å². The van der Waals surface area contributed by atoms with Crippen LogP contribution in [0.2, 0.25) is 0 Å². The quantitative estimate of drug-likeness (QED) is 0.624. The number of nitrogen functional groups attached to an aromatic ring is 1. The number of aldehydes is 1. The molecule has 0 saturated carbocycles. The number of nitrogens with two attached hydrogens (primary N) is 1. The molecule has 3 heteroatoms. The van der Waals surface area contributed by atoms with Crippen LogP contribution in [0.15, 0.2) is 34.8 Å². The maximum absolute atomic E-state index is 10.9. The van der Waals surface area contributed by atoms with Crippen molar-refractivity contribution in [1.29, 1.82) is 0 Å². The number of halogens is 1. The molecular weight excluding hydrogens is 242 g/mol. The number of benzene rings is 2. The Morgan fingerprint density at radius 2 is 2.00 bits per heavy atom. The third-order valence-electron chi connectivity index (χ3n) is 2.17. The van der Waals surface area contributed by atoms with Gasteiger partial charge in [0.1, 0.15) is 0 Å². The molecule has 14 heavy (non-hydrogen) atoms. The monoisotopic (exact) mass is 249 g/mol. The number of rotatable bonds is 1. The van der Waals surface area contributed by atoms with Gasteiger partial charge in [-0.1, -0.05) is 24.3 Å². The number of carbonyl (C=O) groups is 1. The van der Waals surface area contributed by atoms with Crippen LogP contribution in [-0.2, 0) is 0 Å². The highest BCUT2D eigenvalue weighted by atomic mass is 79.9. The summed E-state index contributed by atoms with van der Waals surface area (Å²) in [6.45, 7) is 0. The van der Waals surface area contributed by atoms with Crippen molar-refractivity contribution in [3.8, 4) is 0 Å². The highest BCUT2D eigenvalue weighted by Crippen LogP contribution is 2.30. The van der Waals surface area contributed by atoms with E-state index in [-0.39, 0.29) is 0 Å². The summed E-state index contributed by atoms with van der Waals surface area (Å²) in [6, 6.07) is 9.52. The Bertz CT molecular complexity index is 508. The van der Waals surface area contributed by atoms with E-state index < -0.39 is 0 Å². The van der Waals surface area contributed by atoms with Crippen LogP contribution in [-0.4, -0.2) is 6.29 Å². The molecule has 2 nitrogen and oxygen atoms in total. The summed E-state index contributed by atoms with van der Waals surface area (Å²) in [5, 5.41) is 1.90. The molecule has 0 aliphatic carbocycles. The third kappa shape index (κ3) is 1.30. The maximum Gasteiger partial charge on any atom is 0.151 e. The van der Waals surface area contributed by atoms with Crippen molar-refractivity contribution >= 4 is 38.7 Å². The molecule has 0 amide bonds. The first-order chi connectivity index (χ1) is 6.74. The lowest BCUT2D eigenvalue weighted by atomic mass is 10.0. The second kappa shape index (κ2) is 3.42. The van der Waals surface area contributed by atoms with Gasteiger partial charge in [-0.15, -0.1) is 0 Å². The molecule has 0 fully saturated rings. The van der Waals surface area contributed by atoms with Crippen molar-refractivity contribution in [2.45, 2.75) is 0 Å². The molecule has 0 saturated heterocycles. The van der Waals surface area contributed by atoms with Gasteiger partial charge in [0.15, 0.2) is 6.29 Å². The van der Waals surface area contributed by atoms with Crippen LogP contribution in [0.1, 0.15) is 10.4 Å². The molecule has 0 heterocycles. The third-order valence-corrected chi connectivity index (χ3v) is 3.05. The molecule has 0 spiro atoms. The summed E-state index contributed by atoms with van der Waals surface area (Å²) in [6.07, 6.45) is 0.822. The fourth-order valence-corrected chi connectivity index (χ4v) is 1.91. The van der Waals surface area contributed by atoms with E-state index in [1.54, 1.807) is 0 Å². The number of hydrogen-bond acceptors (Lipinski definition) is 2. The first-order valence-electron chi connectivity index (χ1n) is 4.16. The lowest BCUT2D eigenvalue weighted by molar-refractivity contribution is 0.112. The van der Waals surface area contributed by atoms with Gasteiger partial charge in [-0.05, 0) is 32.8 Å². The summed E-state index contributed by atoms with van der Waals surface area (Å²) >= 11 is 3.31. The molecule has 0 aliphatic heterocycles. The summed E-state index contributed by atoms with van der Waals surface area (Å²) < 4.78 is 0.672. The van der Waals surface area contributed by atoms with Crippen molar-refractivity contribution in [1.82, 2.24) is 0 Å². The number of carbonyl (C=O) groups excluding carboxylic acids is 1. The van der Waals surface area contributed by atoms with Crippen molar-refractivity contribution < 1.29 is 4.79 Å². The van der Waals surface area contributed by atoms with E-state index in [1.165, 1.54) is 0 Å². The lowest BCUT2D eigenvalue weighted by Gasteiger charge is -2.06. The minimum Gasteiger partial charge on any atom is -0.398 e. The van der Waals surface area contributed by atoms with Crippen molar-refractivity contribution in [2.24, 2.45) is 0 Å². The molecule has 0 aliphatic rings. The zero-order chi connectivity index (χ0) is 10.1.